The molecule has 0 spiro atoms. The van der Waals surface area contributed by atoms with Gasteiger partial charge in [0.25, 0.3) is 0 Å². The summed E-state index contributed by atoms with van der Waals surface area (Å²) < 4.78 is 37.8. The topological polar surface area (TPSA) is 51.5 Å². The summed E-state index contributed by atoms with van der Waals surface area (Å²) in [6.07, 6.45) is 0.859. The van der Waals surface area contributed by atoms with E-state index in [1.165, 1.54) is 25.3 Å². The van der Waals surface area contributed by atoms with Gasteiger partial charge in [-0.25, -0.2) is 9.18 Å². The normalized spacial score (nSPS) is 11.1. The highest BCUT2D eigenvalue weighted by Crippen LogP contribution is 2.23. The van der Waals surface area contributed by atoms with Crippen molar-refractivity contribution in [2.45, 2.75) is 26.4 Å². The third kappa shape index (κ3) is 3.60. The molecule has 2 aromatic carbocycles. The lowest BCUT2D eigenvalue weighted by Gasteiger charge is -2.10. The molecule has 3 rings (SSSR count). The van der Waals surface area contributed by atoms with Crippen LogP contribution in [0.2, 0.25) is 0 Å². The Bertz CT molecular complexity index is 998. The molecule has 4 nitrogen and oxygen atoms in total. The second-order valence-electron chi connectivity index (χ2n) is 5.93. The lowest BCUT2D eigenvalue weighted by Crippen LogP contribution is -2.16. The van der Waals surface area contributed by atoms with E-state index in [1.807, 2.05) is 19.1 Å². The Morgan fingerprint density at radius 2 is 1.81 bits per heavy atom. The van der Waals surface area contributed by atoms with Crippen LogP contribution in [0.1, 0.15) is 23.6 Å². The predicted octanol–water partition coefficient (Wildman–Crippen LogP) is 3.93. The average Bonchev–Trinajstić information content (AvgIpc) is 2.64. The Morgan fingerprint density at radius 1 is 1.04 bits per heavy atom. The second-order valence-corrected chi connectivity index (χ2v) is 5.93. The van der Waals surface area contributed by atoms with Gasteiger partial charge in [-0.3, -0.25) is 0 Å². The number of aryl methyl sites for hydroxylation is 1. The summed E-state index contributed by atoms with van der Waals surface area (Å²) in [5.74, 6) is -2.09. The number of halogens is 2. The number of benzene rings is 2. The number of hydrogen-bond acceptors (Lipinski definition) is 4. The quantitative estimate of drug-likeness (QED) is 0.678. The van der Waals surface area contributed by atoms with E-state index in [0.29, 0.717) is 12.1 Å². The van der Waals surface area contributed by atoms with Crippen LogP contribution in [0.4, 0.5) is 8.78 Å². The van der Waals surface area contributed by atoms with E-state index in [2.05, 4.69) is 5.32 Å². The van der Waals surface area contributed by atoms with E-state index in [9.17, 15) is 13.6 Å². The van der Waals surface area contributed by atoms with E-state index in [-0.39, 0.29) is 17.9 Å². The van der Waals surface area contributed by atoms with Gasteiger partial charge in [-0.15, -0.1) is 0 Å². The molecule has 136 valence electrons. The Labute approximate surface area is 149 Å². The van der Waals surface area contributed by atoms with Crippen LogP contribution in [0, 0.1) is 11.6 Å². The van der Waals surface area contributed by atoms with Crippen molar-refractivity contribution in [2.75, 3.05) is 7.11 Å². The number of hydrogen-bond donors (Lipinski definition) is 1. The van der Waals surface area contributed by atoms with Crippen LogP contribution in [0.5, 0.6) is 5.75 Å². The van der Waals surface area contributed by atoms with Crippen LogP contribution in [-0.2, 0) is 19.5 Å². The van der Waals surface area contributed by atoms with E-state index >= 15 is 0 Å². The standard InChI is InChI=1S/C20H19F2NO3/c1-3-12-4-6-16-15(8-12)14(9-18(24)26-16)11-23-10-13-5-7-17(25-2)20(22)19(13)21/h4-9,23H,3,10-11H2,1-2H3. The van der Waals surface area contributed by atoms with Crippen LogP contribution < -0.4 is 15.7 Å². The van der Waals surface area contributed by atoms with E-state index in [0.717, 1.165) is 22.9 Å². The highest BCUT2D eigenvalue weighted by molar-refractivity contribution is 5.80. The van der Waals surface area contributed by atoms with Gasteiger partial charge in [0.05, 0.1) is 7.11 Å². The molecule has 0 aliphatic carbocycles. The molecule has 1 heterocycles. The van der Waals surface area contributed by atoms with Crippen LogP contribution in [0.25, 0.3) is 11.0 Å². The van der Waals surface area contributed by atoms with Gasteiger partial charge in [0, 0.05) is 30.1 Å². The maximum Gasteiger partial charge on any atom is 0.336 e. The molecule has 0 saturated carbocycles. The van der Waals surface area contributed by atoms with Gasteiger partial charge >= 0.3 is 5.63 Å². The number of ether oxygens (including phenoxy) is 1. The summed E-state index contributed by atoms with van der Waals surface area (Å²) >= 11 is 0. The monoisotopic (exact) mass is 359 g/mol. The van der Waals surface area contributed by atoms with Crippen molar-refractivity contribution >= 4 is 11.0 Å². The minimum absolute atomic E-state index is 0.113. The Kier molecular flexibility index (Phi) is 5.32. The van der Waals surface area contributed by atoms with Crippen molar-refractivity contribution in [3.05, 3.63) is 75.1 Å². The molecule has 26 heavy (non-hydrogen) atoms. The molecular formula is C20H19F2NO3. The summed E-state index contributed by atoms with van der Waals surface area (Å²) in [5.41, 5.74) is 2.12. The molecular weight excluding hydrogens is 340 g/mol. The van der Waals surface area contributed by atoms with Gasteiger partial charge in [0.2, 0.25) is 5.82 Å². The zero-order valence-corrected chi connectivity index (χ0v) is 14.6. The zero-order valence-electron chi connectivity index (χ0n) is 14.6. The molecule has 1 aromatic heterocycles. The zero-order chi connectivity index (χ0) is 18.7. The van der Waals surface area contributed by atoms with Crippen molar-refractivity contribution in [2.24, 2.45) is 0 Å². The highest BCUT2D eigenvalue weighted by atomic mass is 19.2. The molecule has 0 amide bonds. The summed E-state index contributed by atoms with van der Waals surface area (Å²) in [5, 5.41) is 3.88. The van der Waals surface area contributed by atoms with Crippen LogP contribution in [0.15, 0.2) is 45.6 Å². The third-order valence-corrected chi connectivity index (χ3v) is 4.28. The van der Waals surface area contributed by atoms with Gasteiger partial charge in [-0.1, -0.05) is 19.1 Å². The summed E-state index contributed by atoms with van der Waals surface area (Å²) in [7, 11) is 1.28. The van der Waals surface area contributed by atoms with Crippen molar-refractivity contribution < 1.29 is 17.9 Å². The van der Waals surface area contributed by atoms with Gasteiger partial charge in [0.15, 0.2) is 11.6 Å². The number of rotatable bonds is 6. The molecule has 0 bridgehead atoms. The lowest BCUT2D eigenvalue weighted by atomic mass is 10.1. The van der Waals surface area contributed by atoms with Gasteiger partial charge in [-0.05, 0) is 35.7 Å². The first-order valence-corrected chi connectivity index (χ1v) is 8.30. The minimum atomic E-state index is -1.01. The van der Waals surface area contributed by atoms with Crippen LogP contribution in [-0.4, -0.2) is 7.11 Å². The molecule has 0 atom stereocenters. The molecule has 3 aromatic rings. The van der Waals surface area contributed by atoms with E-state index in [4.69, 9.17) is 9.15 Å². The average molecular weight is 359 g/mol. The van der Waals surface area contributed by atoms with Crippen LogP contribution in [0.3, 0.4) is 0 Å². The Morgan fingerprint density at radius 3 is 2.54 bits per heavy atom. The smallest absolute Gasteiger partial charge is 0.336 e. The van der Waals surface area contributed by atoms with E-state index in [1.54, 1.807) is 6.07 Å². The van der Waals surface area contributed by atoms with Crippen molar-refractivity contribution in [3.8, 4) is 5.75 Å². The summed E-state index contributed by atoms with van der Waals surface area (Å²) in [4.78, 5) is 11.7. The number of methoxy groups -OCH3 is 1. The number of fused-ring (bicyclic) bond motifs is 1. The minimum Gasteiger partial charge on any atom is -0.494 e. The molecule has 0 aliphatic heterocycles. The Balaban J connectivity index is 1.82. The highest BCUT2D eigenvalue weighted by Gasteiger charge is 2.14. The lowest BCUT2D eigenvalue weighted by molar-refractivity contribution is 0.369. The molecule has 0 radical (unpaired) electrons. The van der Waals surface area contributed by atoms with Gasteiger partial charge in [0.1, 0.15) is 5.58 Å². The fourth-order valence-corrected chi connectivity index (χ4v) is 2.84. The predicted molar refractivity (Wildman–Crippen MR) is 95.3 cm³/mol. The Hall–Kier alpha value is -2.73. The molecule has 6 heteroatoms. The third-order valence-electron chi connectivity index (χ3n) is 4.28. The fraction of sp³-hybridized carbons (Fsp3) is 0.250. The van der Waals surface area contributed by atoms with Gasteiger partial charge < -0.3 is 14.5 Å². The maximum absolute atomic E-state index is 14.0. The van der Waals surface area contributed by atoms with Crippen molar-refractivity contribution in [3.63, 3.8) is 0 Å². The first-order chi connectivity index (χ1) is 12.5. The first-order valence-electron chi connectivity index (χ1n) is 8.30. The molecule has 0 fully saturated rings. The molecule has 1 N–H and O–H groups in total. The summed E-state index contributed by atoms with van der Waals surface area (Å²) in [6.45, 7) is 2.48. The largest absolute Gasteiger partial charge is 0.494 e. The van der Waals surface area contributed by atoms with Crippen LogP contribution >= 0.6 is 0 Å². The molecule has 0 aliphatic rings. The SMILES string of the molecule is CCc1ccc2oc(=O)cc(CNCc3ccc(OC)c(F)c3F)c2c1. The van der Waals surface area contributed by atoms with Crippen molar-refractivity contribution in [1.82, 2.24) is 5.32 Å². The summed E-state index contributed by atoms with van der Waals surface area (Å²) in [6, 6.07) is 9.94. The number of nitrogens with one attached hydrogen (secondary N) is 1. The molecule has 0 unspecified atom stereocenters. The molecule has 0 saturated heterocycles. The van der Waals surface area contributed by atoms with Crippen molar-refractivity contribution in [1.29, 1.82) is 0 Å². The maximum atomic E-state index is 14.0. The fourth-order valence-electron chi connectivity index (χ4n) is 2.84. The first kappa shape index (κ1) is 18.1. The second kappa shape index (κ2) is 7.66. The van der Waals surface area contributed by atoms with Gasteiger partial charge in [-0.2, -0.15) is 4.39 Å². The van der Waals surface area contributed by atoms with E-state index < -0.39 is 17.3 Å².